The molecule has 0 aliphatic carbocycles. The zero-order valence-electron chi connectivity index (χ0n) is 10.2. The highest BCUT2D eigenvalue weighted by atomic mass is 16.5. The lowest BCUT2D eigenvalue weighted by Crippen LogP contribution is -2.25. The summed E-state index contributed by atoms with van der Waals surface area (Å²) in [4.78, 5) is 21.6. The largest absolute Gasteiger partial charge is 0.481 e. The van der Waals surface area contributed by atoms with Crippen molar-refractivity contribution in [1.29, 1.82) is 0 Å². The fraction of sp³-hybridized carbons (Fsp3) is 0.545. The van der Waals surface area contributed by atoms with Crippen molar-refractivity contribution in [3.05, 3.63) is 11.8 Å². The molecule has 0 spiro atoms. The summed E-state index contributed by atoms with van der Waals surface area (Å²) >= 11 is 0. The summed E-state index contributed by atoms with van der Waals surface area (Å²) in [6, 6.07) is 1.76. The molecule has 0 aromatic carbocycles. The number of rotatable bonds is 8. The molecule has 7 nitrogen and oxygen atoms in total. The zero-order chi connectivity index (χ0) is 13.4. The molecule has 0 radical (unpaired) electrons. The van der Waals surface area contributed by atoms with E-state index in [0.717, 1.165) is 5.69 Å². The van der Waals surface area contributed by atoms with Crippen LogP contribution in [0.2, 0.25) is 0 Å². The number of nitrogens with one attached hydrogen (secondary N) is 2. The Kier molecular flexibility index (Phi) is 5.69. The van der Waals surface area contributed by atoms with E-state index in [1.54, 1.807) is 6.07 Å². The van der Waals surface area contributed by atoms with Crippen molar-refractivity contribution in [2.45, 2.75) is 25.7 Å². The number of nitrogens with zero attached hydrogens (tertiary/aromatic N) is 1. The van der Waals surface area contributed by atoms with Gasteiger partial charge < -0.3 is 15.2 Å². The topological polar surface area (TPSA) is 104 Å². The second kappa shape index (κ2) is 7.31. The number of carbonyl (C=O) groups is 2. The highest BCUT2D eigenvalue weighted by Crippen LogP contribution is 2.06. The first-order valence-corrected chi connectivity index (χ1v) is 5.68. The Morgan fingerprint density at radius 1 is 1.50 bits per heavy atom. The van der Waals surface area contributed by atoms with E-state index in [0.29, 0.717) is 25.3 Å². The lowest BCUT2D eigenvalue weighted by atomic mass is 10.2. The zero-order valence-corrected chi connectivity index (χ0v) is 10.2. The second-order valence-corrected chi connectivity index (χ2v) is 3.78. The summed E-state index contributed by atoms with van der Waals surface area (Å²) in [5, 5.41) is 17.8. The number of amides is 1. The number of methoxy groups -OCH3 is 1. The molecular weight excluding hydrogens is 238 g/mol. The van der Waals surface area contributed by atoms with Crippen molar-refractivity contribution in [3.63, 3.8) is 0 Å². The molecule has 0 saturated carbocycles. The van der Waals surface area contributed by atoms with E-state index in [-0.39, 0.29) is 18.7 Å². The molecule has 18 heavy (non-hydrogen) atoms. The molecule has 1 aromatic rings. The Morgan fingerprint density at radius 2 is 2.28 bits per heavy atom. The molecule has 100 valence electrons. The number of hydrogen-bond acceptors (Lipinski definition) is 4. The molecule has 1 heterocycles. The summed E-state index contributed by atoms with van der Waals surface area (Å²) in [6.07, 6.45) is 1.24. The fourth-order valence-electron chi connectivity index (χ4n) is 1.40. The third-order valence-electron chi connectivity index (χ3n) is 2.33. The molecule has 1 amide bonds. The smallest absolute Gasteiger partial charge is 0.303 e. The van der Waals surface area contributed by atoms with Crippen molar-refractivity contribution in [1.82, 2.24) is 15.5 Å². The van der Waals surface area contributed by atoms with Crippen LogP contribution >= 0.6 is 0 Å². The van der Waals surface area contributed by atoms with Gasteiger partial charge in [-0.25, -0.2) is 0 Å². The Labute approximate surface area is 105 Å². The minimum absolute atomic E-state index is 0.0190. The number of carbonyl (C=O) groups excluding carboxylic acids is 1. The van der Waals surface area contributed by atoms with Gasteiger partial charge in [0.25, 0.3) is 0 Å². The van der Waals surface area contributed by atoms with Gasteiger partial charge in [0.15, 0.2) is 0 Å². The molecule has 0 unspecified atom stereocenters. The molecule has 0 aliphatic heterocycles. The Balaban J connectivity index is 2.13. The second-order valence-electron chi connectivity index (χ2n) is 3.78. The molecule has 0 fully saturated rings. The summed E-state index contributed by atoms with van der Waals surface area (Å²) in [6.45, 7) is 0.483. The maximum Gasteiger partial charge on any atom is 0.303 e. The van der Waals surface area contributed by atoms with Crippen LogP contribution in [0.3, 0.4) is 0 Å². The average Bonchev–Trinajstić information content (AvgIpc) is 2.76. The van der Waals surface area contributed by atoms with Crippen molar-refractivity contribution >= 4 is 11.9 Å². The normalized spacial score (nSPS) is 10.1. The highest BCUT2D eigenvalue weighted by molar-refractivity contribution is 5.76. The Bertz CT molecular complexity index is 403. The SMILES string of the molecule is COc1cc(CCNC(=O)CCCC(=O)O)[nH]n1. The predicted octanol–water partition coefficient (Wildman–Crippen LogP) is 0.332. The molecular formula is C11H17N3O4. The van der Waals surface area contributed by atoms with E-state index in [1.165, 1.54) is 7.11 Å². The Hall–Kier alpha value is -2.05. The standard InChI is InChI=1S/C11H17N3O4/c1-18-10-7-8(13-14-10)5-6-12-9(15)3-2-4-11(16)17/h7H,2-6H2,1H3,(H,12,15)(H,13,14)(H,16,17). The fourth-order valence-corrected chi connectivity index (χ4v) is 1.40. The van der Waals surface area contributed by atoms with E-state index < -0.39 is 5.97 Å². The maximum atomic E-state index is 11.3. The van der Waals surface area contributed by atoms with Crippen LogP contribution in [0.5, 0.6) is 5.88 Å². The van der Waals surface area contributed by atoms with E-state index >= 15 is 0 Å². The number of hydrogen-bond donors (Lipinski definition) is 3. The van der Waals surface area contributed by atoms with Gasteiger partial charge in [0.2, 0.25) is 11.8 Å². The molecule has 1 aromatic heterocycles. The highest BCUT2D eigenvalue weighted by Gasteiger charge is 2.04. The van der Waals surface area contributed by atoms with Gasteiger partial charge >= 0.3 is 5.97 Å². The van der Waals surface area contributed by atoms with Crippen LogP contribution in [0.1, 0.15) is 25.0 Å². The van der Waals surface area contributed by atoms with E-state index in [9.17, 15) is 9.59 Å². The molecule has 7 heteroatoms. The lowest BCUT2D eigenvalue weighted by Gasteiger charge is -2.02. The third-order valence-corrected chi connectivity index (χ3v) is 2.33. The molecule has 1 rings (SSSR count). The number of aliphatic carboxylic acids is 1. The van der Waals surface area contributed by atoms with Crippen LogP contribution in [0, 0.1) is 0 Å². The van der Waals surface area contributed by atoms with Crippen molar-refractivity contribution in [2.24, 2.45) is 0 Å². The molecule has 0 bridgehead atoms. The first-order chi connectivity index (χ1) is 8.61. The summed E-state index contributed by atoms with van der Waals surface area (Å²) in [5.74, 6) is -0.507. The quantitative estimate of drug-likeness (QED) is 0.621. The van der Waals surface area contributed by atoms with E-state index in [1.807, 2.05) is 0 Å². The van der Waals surface area contributed by atoms with Crippen molar-refractivity contribution < 1.29 is 19.4 Å². The van der Waals surface area contributed by atoms with Crippen LogP contribution < -0.4 is 10.1 Å². The summed E-state index contributed by atoms with van der Waals surface area (Å²) < 4.78 is 4.91. The van der Waals surface area contributed by atoms with E-state index in [4.69, 9.17) is 9.84 Å². The van der Waals surface area contributed by atoms with Gasteiger partial charge in [-0.15, -0.1) is 5.10 Å². The molecule has 0 atom stereocenters. The van der Waals surface area contributed by atoms with Gasteiger partial charge in [0, 0.05) is 37.6 Å². The molecule has 0 saturated heterocycles. The van der Waals surface area contributed by atoms with E-state index in [2.05, 4.69) is 15.5 Å². The lowest BCUT2D eigenvalue weighted by molar-refractivity contribution is -0.137. The minimum Gasteiger partial charge on any atom is -0.481 e. The summed E-state index contributed by atoms with van der Waals surface area (Å²) in [5.41, 5.74) is 0.873. The van der Waals surface area contributed by atoms with Gasteiger partial charge in [-0.3, -0.25) is 14.7 Å². The van der Waals surface area contributed by atoms with Gasteiger partial charge in [-0.05, 0) is 6.42 Å². The number of carboxylic acid groups (broad SMARTS) is 1. The number of aromatic amines is 1. The molecule has 3 N–H and O–H groups in total. The Morgan fingerprint density at radius 3 is 2.89 bits per heavy atom. The monoisotopic (exact) mass is 255 g/mol. The van der Waals surface area contributed by atoms with Gasteiger partial charge in [-0.2, -0.15) is 0 Å². The number of aromatic nitrogens is 2. The van der Waals surface area contributed by atoms with Crippen LogP contribution in [0.15, 0.2) is 6.07 Å². The van der Waals surface area contributed by atoms with Crippen molar-refractivity contribution in [2.75, 3.05) is 13.7 Å². The van der Waals surface area contributed by atoms with Gasteiger partial charge in [-0.1, -0.05) is 0 Å². The predicted molar refractivity (Wildman–Crippen MR) is 63.3 cm³/mol. The van der Waals surface area contributed by atoms with Crippen molar-refractivity contribution in [3.8, 4) is 5.88 Å². The average molecular weight is 255 g/mol. The van der Waals surface area contributed by atoms with Crippen LogP contribution in [0.25, 0.3) is 0 Å². The molecule has 0 aliphatic rings. The first-order valence-electron chi connectivity index (χ1n) is 5.68. The van der Waals surface area contributed by atoms with Crippen LogP contribution in [0.4, 0.5) is 0 Å². The third kappa shape index (κ3) is 5.33. The maximum absolute atomic E-state index is 11.3. The minimum atomic E-state index is -0.882. The van der Waals surface area contributed by atoms with Gasteiger partial charge in [0.05, 0.1) is 7.11 Å². The number of ether oxygens (including phenoxy) is 1. The first kappa shape index (κ1) is 14.0. The summed E-state index contributed by atoms with van der Waals surface area (Å²) in [7, 11) is 1.53. The van der Waals surface area contributed by atoms with Gasteiger partial charge in [0.1, 0.15) is 0 Å². The number of H-pyrrole nitrogens is 1. The van der Waals surface area contributed by atoms with Crippen LogP contribution in [-0.4, -0.2) is 40.8 Å². The van der Waals surface area contributed by atoms with Crippen LogP contribution in [-0.2, 0) is 16.0 Å². The number of carboxylic acids is 1.